The summed E-state index contributed by atoms with van der Waals surface area (Å²) in [7, 11) is 0. The van der Waals surface area contributed by atoms with Crippen LogP contribution in [-0.4, -0.2) is 0 Å². The molecule has 0 heterocycles. The Balaban J connectivity index is -0.00000000343. The molecule has 0 amide bonds. The third-order valence-electron chi connectivity index (χ3n) is 2.56. The first-order chi connectivity index (χ1) is 6.13. The van der Waals surface area contributed by atoms with E-state index in [-0.39, 0.29) is 156 Å². The van der Waals surface area contributed by atoms with Gasteiger partial charge >= 0.3 is 0 Å². The third-order valence-corrected chi connectivity index (χ3v) is 2.56. The van der Waals surface area contributed by atoms with Crippen LogP contribution in [0.5, 0.6) is 0 Å². The van der Waals surface area contributed by atoms with Crippen LogP contribution in [0.3, 0.4) is 0 Å². The third kappa shape index (κ3) is 308. The van der Waals surface area contributed by atoms with Gasteiger partial charge in [-0.05, 0) is 11.8 Å². The summed E-state index contributed by atoms with van der Waals surface area (Å²) in [4.78, 5) is 0. The van der Waals surface area contributed by atoms with E-state index in [4.69, 9.17) is 0 Å². The molecule has 0 radical (unpaired) electrons. The van der Waals surface area contributed by atoms with Crippen LogP contribution in [0.25, 0.3) is 0 Å². The molecule has 0 aromatic carbocycles. The normalized spacial score (nSPS) is 4.41. The van der Waals surface area contributed by atoms with E-state index in [2.05, 4.69) is 27.7 Å². The Morgan fingerprint density at radius 1 is 0.235 bits per heavy atom. The molecule has 34 heavy (non-hydrogen) atoms. The average molecular weight is 521 g/mol. The van der Waals surface area contributed by atoms with Gasteiger partial charge in [0.15, 0.2) is 0 Å². The second-order valence-electron chi connectivity index (χ2n) is 5.13. The lowest BCUT2D eigenvalue weighted by Gasteiger charge is -2.05. The zero-order valence-corrected chi connectivity index (χ0v) is 10.1. The largest absolute Gasteiger partial charge is 0.0776 e. The van der Waals surface area contributed by atoms with Gasteiger partial charge in [-0.15, -0.1) is 0 Å². The van der Waals surface area contributed by atoms with E-state index in [1.165, 1.54) is 44.9 Å². The molecule has 0 saturated carbocycles. The van der Waals surface area contributed by atoms with Crippen LogP contribution >= 0.6 is 0 Å². The van der Waals surface area contributed by atoms with Crippen molar-refractivity contribution in [3.8, 4) is 0 Å². The van der Waals surface area contributed by atoms with Gasteiger partial charge in [-0.3, -0.25) is 0 Å². The highest BCUT2D eigenvalue weighted by molar-refractivity contribution is 4.50. The Hall–Kier alpha value is 0. The number of hydrogen-bond acceptors (Lipinski definition) is 0. The first-order valence-corrected chi connectivity index (χ1v) is 6.13. The van der Waals surface area contributed by atoms with Gasteiger partial charge in [-0.1, -0.05) is 229 Å². The van der Waals surface area contributed by atoms with Crippen LogP contribution in [-0.2, 0) is 0 Å². The van der Waals surface area contributed by atoms with E-state index in [1.807, 2.05) is 0 Å². The van der Waals surface area contributed by atoms with Crippen LogP contribution in [0.4, 0.5) is 0 Å². The maximum atomic E-state index is 2.32. The fraction of sp³-hybridized carbons (Fsp3) is 1.00. The van der Waals surface area contributed by atoms with Crippen molar-refractivity contribution in [3.05, 3.63) is 0 Å². The van der Waals surface area contributed by atoms with Gasteiger partial charge in [0.05, 0.1) is 0 Å². The maximum absolute atomic E-state index is 2.32. The molecule has 0 aromatic heterocycles. The lowest BCUT2D eigenvalue weighted by molar-refractivity contribution is 0.489. The van der Waals surface area contributed by atoms with Crippen molar-refractivity contribution in [2.45, 2.75) is 229 Å². The topological polar surface area (TPSA) is 0 Å². The fourth-order valence-electron chi connectivity index (χ4n) is 1.64. The van der Waals surface area contributed by atoms with Crippen molar-refractivity contribution < 1.29 is 0 Å². The van der Waals surface area contributed by atoms with Gasteiger partial charge in [0.2, 0.25) is 0 Å². The zero-order valence-electron chi connectivity index (χ0n) is 10.1. The molecule has 0 aliphatic rings. The van der Waals surface area contributed by atoms with Crippen molar-refractivity contribution in [1.29, 1.82) is 0 Å². The molecule has 0 atom stereocenters. The minimum absolute atomic E-state index is 0. The minimum Gasteiger partial charge on any atom is -0.0776 e. The van der Waals surface area contributed by atoms with Gasteiger partial charge in [0.25, 0.3) is 0 Å². The smallest absolute Gasteiger partial charge is 0.0471 e. The highest BCUT2D eigenvalue weighted by Gasteiger charge is 1.96. The summed E-state index contributed by atoms with van der Waals surface area (Å²) in [6.45, 7) is 9.27. The molecule has 0 spiro atoms. The predicted molar refractivity (Wildman–Crippen MR) is 203 cm³/mol. The van der Waals surface area contributed by atoms with Crippen LogP contribution in [0.2, 0.25) is 0 Å². The lowest BCUT2D eigenvalue weighted by atomic mass is 10.0. The molecule has 0 nitrogen and oxygen atoms in total. The number of unbranched alkanes of at least 4 members (excludes halogenated alkanes) is 4. The van der Waals surface area contributed by atoms with Gasteiger partial charge in [0.1, 0.15) is 0 Å². The monoisotopic (exact) mass is 521 g/mol. The van der Waals surface area contributed by atoms with Crippen molar-refractivity contribution in [2.75, 3.05) is 0 Å². The van der Waals surface area contributed by atoms with E-state index < -0.39 is 0 Å². The summed E-state index contributed by atoms with van der Waals surface area (Å²) in [6.07, 6.45) is 10.1. The molecular weight excluding hydrogens is 408 g/mol. The van der Waals surface area contributed by atoms with Gasteiger partial charge in [-0.25, -0.2) is 0 Å². The lowest BCUT2D eigenvalue weighted by Crippen LogP contribution is -1.89. The highest BCUT2D eigenvalue weighted by Crippen LogP contribution is 2.13. The van der Waals surface area contributed by atoms with Crippen LogP contribution in [0.15, 0.2) is 0 Å². The van der Waals surface area contributed by atoms with Gasteiger partial charge in [0, 0.05) is 0 Å². The van der Waals surface area contributed by atoms with E-state index >= 15 is 0 Å². The van der Waals surface area contributed by atoms with Crippen molar-refractivity contribution in [1.82, 2.24) is 0 Å². The summed E-state index contributed by atoms with van der Waals surface area (Å²) in [5, 5.41) is 0. The highest BCUT2D eigenvalue weighted by atomic mass is 14.0. The Morgan fingerprint density at radius 3 is 0.471 bits per heavy atom. The fourth-order valence-corrected chi connectivity index (χ4v) is 1.64. The maximum Gasteiger partial charge on any atom is -0.0471 e. The zero-order chi connectivity index (χ0) is 10.1. The minimum atomic E-state index is 0. The molecule has 0 saturated heterocycles. The second-order valence-corrected chi connectivity index (χ2v) is 5.13. The van der Waals surface area contributed by atoms with E-state index in [1.54, 1.807) is 0 Å². The molecular formula is C34H112. The Labute approximate surface area is 240 Å². The van der Waals surface area contributed by atoms with Crippen molar-refractivity contribution in [3.63, 3.8) is 0 Å². The first kappa shape index (κ1) is 257. The standard InChI is InChI=1S/C13H28.21CH4/c1-12(2)10-8-6-5-7-9-11-13(3)4;;;;;;;;;;;;;;;;;;;;;/h12-13H,5-11H2,1-4H3;21*1H4. The molecule has 0 N–H and O–H groups in total. The van der Waals surface area contributed by atoms with E-state index in [0.717, 1.165) is 11.8 Å². The Kier molecular flexibility index (Phi) is 1510. The Bertz CT molecular complexity index is 80.2. The molecule has 0 heteroatoms. The van der Waals surface area contributed by atoms with Crippen LogP contribution in [0.1, 0.15) is 229 Å². The number of hydrogen-bond donors (Lipinski definition) is 0. The quantitative estimate of drug-likeness (QED) is 0.279. The van der Waals surface area contributed by atoms with E-state index in [0.29, 0.717) is 0 Å². The SMILES string of the molecule is C.C.C.C.C.C.C.C.C.C.C.C.C.C.C.C.C.C.C.C.C.CC(C)CCCCCCCC(C)C. The predicted octanol–water partition coefficient (Wildman–Crippen LogP) is 18.4. The second kappa shape index (κ2) is 200. The molecule has 0 aliphatic heterocycles. The first-order valence-electron chi connectivity index (χ1n) is 6.13. The Morgan fingerprint density at radius 2 is 0.353 bits per heavy atom. The molecule has 0 rings (SSSR count). The molecule has 248 valence electrons. The summed E-state index contributed by atoms with van der Waals surface area (Å²) in [6, 6.07) is 0. The van der Waals surface area contributed by atoms with E-state index in [9.17, 15) is 0 Å². The summed E-state index contributed by atoms with van der Waals surface area (Å²) in [5.41, 5.74) is 0. The summed E-state index contributed by atoms with van der Waals surface area (Å²) >= 11 is 0. The van der Waals surface area contributed by atoms with Crippen LogP contribution in [0, 0.1) is 11.8 Å². The number of rotatable bonds is 8. The molecule has 0 fully saturated rings. The summed E-state index contributed by atoms with van der Waals surface area (Å²) in [5.74, 6) is 1.80. The van der Waals surface area contributed by atoms with Gasteiger partial charge in [-0.2, -0.15) is 0 Å². The van der Waals surface area contributed by atoms with Crippen molar-refractivity contribution >= 4 is 0 Å². The molecule has 0 unspecified atom stereocenters. The molecule has 0 bridgehead atoms. The molecule has 0 aliphatic carbocycles. The molecule has 0 aromatic rings. The summed E-state index contributed by atoms with van der Waals surface area (Å²) < 4.78 is 0. The average Bonchev–Trinajstić information content (AvgIpc) is 2.01. The van der Waals surface area contributed by atoms with Crippen molar-refractivity contribution in [2.24, 2.45) is 11.8 Å². The van der Waals surface area contributed by atoms with Crippen LogP contribution < -0.4 is 0 Å². The van der Waals surface area contributed by atoms with Gasteiger partial charge < -0.3 is 0 Å².